The molecular formula is C17H14FNO2. The fraction of sp³-hybridized carbons (Fsp3) is 0.176. The van der Waals surface area contributed by atoms with Crippen molar-refractivity contribution in [3.8, 4) is 11.8 Å². The average Bonchev–Trinajstić information content (AvgIpc) is 2.45. The second kappa shape index (κ2) is 6.67. The zero-order chi connectivity index (χ0) is 15.2. The lowest BCUT2D eigenvalue weighted by Gasteiger charge is -2.04. The van der Waals surface area contributed by atoms with E-state index in [2.05, 4.69) is 16.8 Å². The summed E-state index contributed by atoms with van der Waals surface area (Å²) in [6.45, 7) is 3.82. The number of benzene rings is 1. The zero-order valence-corrected chi connectivity index (χ0v) is 11.8. The van der Waals surface area contributed by atoms with Crippen LogP contribution in [0.2, 0.25) is 0 Å². The molecule has 0 atom stereocenters. The van der Waals surface area contributed by atoms with Crippen LogP contribution in [0, 0.1) is 24.6 Å². The van der Waals surface area contributed by atoms with Crippen molar-refractivity contribution in [1.82, 2.24) is 4.98 Å². The van der Waals surface area contributed by atoms with Gasteiger partial charge in [-0.05, 0) is 50.1 Å². The molecule has 106 valence electrons. The molecule has 0 unspecified atom stereocenters. The Bertz CT molecular complexity index is 729. The summed E-state index contributed by atoms with van der Waals surface area (Å²) in [4.78, 5) is 16.1. The molecule has 0 aliphatic carbocycles. The third-order valence-electron chi connectivity index (χ3n) is 2.68. The van der Waals surface area contributed by atoms with Crippen LogP contribution >= 0.6 is 0 Å². The van der Waals surface area contributed by atoms with Gasteiger partial charge in [-0.25, -0.2) is 14.2 Å². The summed E-state index contributed by atoms with van der Waals surface area (Å²) in [5.74, 6) is 4.79. The number of aryl methyl sites for hydroxylation is 1. The number of hydrogen-bond donors (Lipinski definition) is 0. The largest absolute Gasteiger partial charge is 0.462 e. The van der Waals surface area contributed by atoms with E-state index in [1.807, 2.05) is 6.92 Å². The first-order chi connectivity index (χ1) is 10.1. The first-order valence-electron chi connectivity index (χ1n) is 6.52. The van der Waals surface area contributed by atoms with Crippen molar-refractivity contribution < 1.29 is 13.9 Å². The molecular weight excluding hydrogens is 269 g/mol. The van der Waals surface area contributed by atoms with Gasteiger partial charge in [-0.1, -0.05) is 12.0 Å². The number of carbonyl (C=O) groups excluding carboxylic acids is 1. The van der Waals surface area contributed by atoms with Crippen LogP contribution in [0.1, 0.15) is 34.2 Å². The minimum absolute atomic E-state index is 0.281. The van der Waals surface area contributed by atoms with Crippen molar-refractivity contribution in [2.75, 3.05) is 6.61 Å². The minimum Gasteiger partial charge on any atom is -0.462 e. The van der Waals surface area contributed by atoms with Crippen LogP contribution < -0.4 is 0 Å². The van der Waals surface area contributed by atoms with Gasteiger partial charge >= 0.3 is 5.97 Å². The van der Waals surface area contributed by atoms with Crippen molar-refractivity contribution in [2.24, 2.45) is 0 Å². The summed E-state index contributed by atoms with van der Waals surface area (Å²) in [7, 11) is 0. The Kier molecular flexibility index (Phi) is 4.68. The normalized spacial score (nSPS) is 9.67. The third kappa shape index (κ3) is 3.90. The van der Waals surface area contributed by atoms with Crippen molar-refractivity contribution in [3.05, 3.63) is 64.7 Å². The number of hydrogen-bond acceptors (Lipinski definition) is 3. The minimum atomic E-state index is -0.464. The molecule has 0 N–H and O–H groups in total. The lowest BCUT2D eigenvalue weighted by molar-refractivity contribution is 0.0525. The monoisotopic (exact) mass is 283 g/mol. The van der Waals surface area contributed by atoms with Crippen LogP contribution in [0.25, 0.3) is 0 Å². The second-order valence-corrected chi connectivity index (χ2v) is 4.33. The molecule has 0 fully saturated rings. The van der Waals surface area contributed by atoms with Gasteiger partial charge in [0.15, 0.2) is 0 Å². The highest BCUT2D eigenvalue weighted by Gasteiger charge is 2.12. The number of aromatic nitrogens is 1. The summed E-state index contributed by atoms with van der Waals surface area (Å²) < 4.78 is 18.1. The maximum atomic E-state index is 13.1. The smallest absolute Gasteiger partial charge is 0.341 e. The Labute approximate surface area is 122 Å². The summed E-state index contributed by atoms with van der Waals surface area (Å²) >= 11 is 0. The van der Waals surface area contributed by atoms with Gasteiger partial charge < -0.3 is 4.74 Å². The fourth-order valence-electron chi connectivity index (χ4n) is 1.72. The highest BCUT2D eigenvalue weighted by atomic mass is 19.1. The van der Waals surface area contributed by atoms with E-state index in [9.17, 15) is 9.18 Å². The van der Waals surface area contributed by atoms with E-state index in [1.54, 1.807) is 31.2 Å². The number of nitrogens with zero attached hydrogens (tertiary/aromatic N) is 1. The predicted molar refractivity (Wildman–Crippen MR) is 77.3 cm³/mol. The van der Waals surface area contributed by atoms with E-state index in [0.717, 1.165) is 5.69 Å². The first-order valence-corrected chi connectivity index (χ1v) is 6.52. The van der Waals surface area contributed by atoms with Gasteiger partial charge in [0.25, 0.3) is 0 Å². The number of ether oxygens (including phenoxy) is 1. The molecule has 4 heteroatoms. The molecule has 21 heavy (non-hydrogen) atoms. The first kappa shape index (κ1) is 14.7. The van der Waals surface area contributed by atoms with Gasteiger partial charge in [-0.3, -0.25) is 0 Å². The molecule has 0 spiro atoms. The van der Waals surface area contributed by atoms with Crippen molar-refractivity contribution in [1.29, 1.82) is 0 Å². The highest BCUT2D eigenvalue weighted by Crippen LogP contribution is 2.09. The van der Waals surface area contributed by atoms with E-state index < -0.39 is 5.97 Å². The van der Waals surface area contributed by atoms with Crippen molar-refractivity contribution in [3.63, 3.8) is 0 Å². The quantitative estimate of drug-likeness (QED) is 0.628. The van der Waals surface area contributed by atoms with Crippen LogP contribution in [0.15, 0.2) is 36.4 Å². The zero-order valence-electron chi connectivity index (χ0n) is 11.8. The maximum absolute atomic E-state index is 13.1. The van der Waals surface area contributed by atoms with Gasteiger partial charge in [-0.15, -0.1) is 0 Å². The number of rotatable bonds is 2. The van der Waals surface area contributed by atoms with Gasteiger partial charge in [0.05, 0.1) is 12.2 Å². The molecule has 1 aromatic heterocycles. The van der Waals surface area contributed by atoms with Gasteiger partial charge in [0, 0.05) is 11.3 Å². The van der Waals surface area contributed by atoms with E-state index >= 15 is 0 Å². The van der Waals surface area contributed by atoms with Gasteiger partial charge in [0.1, 0.15) is 11.5 Å². The van der Waals surface area contributed by atoms with Crippen LogP contribution in [0.3, 0.4) is 0 Å². The Morgan fingerprint density at radius 1 is 1.29 bits per heavy atom. The molecule has 0 bridgehead atoms. The van der Waals surface area contributed by atoms with Crippen LogP contribution in [-0.2, 0) is 4.74 Å². The third-order valence-corrected chi connectivity index (χ3v) is 2.68. The Morgan fingerprint density at radius 2 is 2.10 bits per heavy atom. The van der Waals surface area contributed by atoms with Gasteiger partial charge in [-0.2, -0.15) is 0 Å². The maximum Gasteiger partial charge on any atom is 0.341 e. The molecule has 2 aromatic rings. The van der Waals surface area contributed by atoms with Crippen LogP contribution in [0.4, 0.5) is 4.39 Å². The van der Waals surface area contributed by atoms with Gasteiger partial charge in [0.2, 0.25) is 0 Å². The van der Waals surface area contributed by atoms with Crippen LogP contribution in [0.5, 0.6) is 0 Å². The fourth-order valence-corrected chi connectivity index (χ4v) is 1.72. The number of pyridine rings is 1. The molecule has 2 rings (SSSR count). The Hall–Kier alpha value is -2.67. The summed E-state index contributed by atoms with van der Waals surface area (Å²) in [5, 5.41) is 0. The van der Waals surface area contributed by atoms with Crippen molar-refractivity contribution >= 4 is 5.97 Å². The molecule has 1 aromatic carbocycles. The summed E-state index contributed by atoms with van der Waals surface area (Å²) in [6.07, 6.45) is 0. The number of esters is 1. The molecule has 0 saturated heterocycles. The molecule has 0 saturated carbocycles. The lowest BCUT2D eigenvalue weighted by atomic mass is 10.1. The molecule has 3 nitrogen and oxygen atoms in total. The molecule has 0 amide bonds. The van der Waals surface area contributed by atoms with E-state index in [0.29, 0.717) is 16.8 Å². The highest BCUT2D eigenvalue weighted by molar-refractivity contribution is 5.91. The molecule has 0 aliphatic rings. The number of carbonyl (C=O) groups is 1. The average molecular weight is 283 g/mol. The molecule has 0 radical (unpaired) electrons. The van der Waals surface area contributed by atoms with Crippen LogP contribution in [-0.4, -0.2) is 17.6 Å². The topological polar surface area (TPSA) is 39.2 Å². The standard InChI is InChI=1S/C17H14FNO2/c1-3-21-17(20)15-9-7-12(2)19-16(15)10-8-13-5-4-6-14(18)11-13/h4-7,9,11H,3H2,1-2H3. The predicted octanol–water partition coefficient (Wildman–Crippen LogP) is 3.11. The summed E-state index contributed by atoms with van der Waals surface area (Å²) in [6, 6.07) is 9.30. The van der Waals surface area contributed by atoms with E-state index in [-0.39, 0.29) is 12.4 Å². The number of halogens is 1. The lowest BCUT2D eigenvalue weighted by Crippen LogP contribution is -2.08. The molecule has 0 aliphatic heterocycles. The molecule has 1 heterocycles. The van der Waals surface area contributed by atoms with E-state index in [4.69, 9.17) is 4.74 Å². The Balaban J connectivity index is 2.40. The van der Waals surface area contributed by atoms with E-state index in [1.165, 1.54) is 12.1 Å². The SMILES string of the molecule is CCOC(=O)c1ccc(C)nc1C#Cc1cccc(F)c1. The Morgan fingerprint density at radius 3 is 2.81 bits per heavy atom. The second-order valence-electron chi connectivity index (χ2n) is 4.33. The van der Waals surface area contributed by atoms with Crippen molar-refractivity contribution in [2.45, 2.75) is 13.8 Å². The summed E-state index contributed by atoms with van der Waals surface area (Å²) in [5.41, 5.74) is 1.91.